The van der Waals surface area contributed by atoms with Gasteiger partial charge in [0.2, 0.25) is 0 Å². The first-order chi connectivity index (χ1) is 16.5. The van der Waals surface area contributed by atoms with Crippen LogP contribution in [0.3, 0.4) is 0 Å². The second kappa shape index (κ2) is 10.3. The van der Waals surface area contributed by atoms with Gasteiger partial charge in [-0.1, -0.05) is 54.6 Å². The summed E-state index contributed by atoms with van der Waals surface area (Å²) in [5, 5.41) is 3.11. The summed E-state index contributed by atoms with van der Waals surface area (Å²) in [7, 11) is 1.28. The van der Waals surface area contributed by atoms with E-state index in [-0.39, 0.29) is 18.0 Å². The molecular formula is C27H22FNO4S. The van der Waals surface area contributed by atoms with Crippen molar-refractivity contribution in [2.75, 3.05) is 19.0 Å². The predicted molar refractivity (Wildman–Crippen MR) is 132 cm³/mol. The second-order valence-corrected chi connectivity index (χ2v) is 8.69. The molecule has 0 saturated heterocycles. The third-order valence-corrected chi connectivity index (χ3v) is 6.21. The normalized spacial score (nSPS) is 10.6. The third-order valence-electron chi connectivity index (χ3n) is 5.19. The number of ether oxygens (including phenoxy) is 2. The van der Waals surface area contributed by atoms with Gasteiger partial charge in [0.05, 0.1) is 7.11 Å². The summed E-state index contributed by atoms with van der Waals surface area (Å²) in [6.45, 7) is 1.60. The molecule has 1 heterocycles. The number of carbonyl (C=O) groups excluding carboxylic acids is 2. The molecule has 0 fully saturated rings. The van der Waals surface area contributed by atoms with Gasteiger partial charge in [0.25, 0.3) is 5.91 Å². The van der Waals surface area contributed by atoms with Gasteiger partial charge in [-0.05, 0) is 47.9 Å². The van der Waals surface area contributed by atoms with E-state index in [1.54, 1.807) is 24.3 Å². The highest BCUT2D eigenvalue weighted by Crippen LogP contribution is 2.40. The van der Waals surface area contributed by atoms with E-state index in [0.717, 1.165) is 16.0 Å². The Morgan fingerprint density at radius 2 is 1.50 bits per heavy atom. The number of amides is 1. The van der Waals surface area contributed by atoms with Crippen LogP contribution in [0.5, 0.6) is 5.75 Å². The van der Waals surface area contributed by atoms with Crippen molar-refractivity contribution in [2.45, 2.75) is 6.92 Å². The van der Waals surface area contributed by atoms with Gasteiger partial charge in [-0.2, -0.15) is 0 Å². The zero-order valence-corrected chi connectivity index (χ0v) is 19.4. The first-order valence-corrected chi connectivity index (χ1v) is 11.3. The monoisotopic (exact) mass is 475 g/mol. The Balaban J connectivity index is 1.48. The molecule has 4 rings (SSSR count). The smallest absolute Gasteiger partial charge is 0.341 e. The molecule has 0 aliphatic carbocycles. The molecule has 4 aromatic rings. The maximum absolute atomic E-state index is 13.4. The molecule has 0 saturated carbocycles. The number of thiophene rings is 1. The van der Waals surface area contributed by atoms with Gasteiger partial charge in [0, 0.05) is 10.4 Å². The highest BCUT2D eigenvalue weighted by Gasteiger charge is 2.25. The van der Waals surface area contributed by atoms with Crippen LogP contribution in [-0.2, 0) is 9.53 Å². The third kappa shape index (κ3) is 5.15. The number of esters is 1. The number of halogens is 1. The van der Waals surface area contributed by atoms with Crippen LogP contribution in [0.25, 0.3) is 22.3 Å². The molecule has 0 atom stereocenters. The Morgan fingerprint density at radius 1 is 0.882 bits per heavy atom. The van der Waals surface area contributed by atoms with Crippen LogP contribution < -0.4 is 10.1 Å². The van der Waals surface area contributed by atoms with Crippen LogP contribution in [0.15, 0.2) is 78.9 Å². The molecule has 34 heavy (non-hydrogen) atoms. The number of carbonyl (C=O) groups is 2. The van der Waals surface area contributed by atoms with E-state index < -0.39 is 11.9 Å². The highest BCUT2D eigenvalue weighted by atomic mass is 32.1. The number of nitrogens with one attached hydrogen (secondary N) is 1. The van der Waals surface area contributed by atoms with Gasteiger partial charge in [-0.3, -0.25) is 4.79 Å². The van der Waals surface area contributed by atoms with Gasteiger partial charge >= 0.3 is 5.97 Å². The second-order valence-electron chi connectivity index (χ2n) is 7.46. The van der Waals surface area contributed by atoms with Gasteiger partial charge in [-0.25, -0.2) is 9.18 Å². The number of methoxy groups -OCH3 is 1. The van der Waals surface area contributed by atoms with Gasteiger partial charge in [0.1, 0.15) is 22.1 Å². The molecule has 0 bridgehead atoms. The summed E-state index contributed by atoms with van der Waals surface area (Å²) in [5.41, 5.74) is 3.63. The largest absolute Gasteiger partial charge is 0.484 e. The van der Waals surface area contributed by atoms with Crippen LogP contribution >= 0.6 is 11.3 Å². The van der Waals surface area contributed by atoms with E-state index in [4.69, 9.17) is 9.47 Å². The molecule has 0 aliphatic rings. The Morgan fingerprint density at radius 3 is 2.15 bits per heavy atom. The summed E-state index contributed by atoms with van der Waals surface area (Å²) in [5.74, 6) is -0.823. The van der Waals surface area contributed by atoms with Gasteiger partial charge in [0.15, 0.2) is 6.61 Å². The van der Waals surface area contributed by atoms with Crippen molar-refractivity contribution in [3.8, 4) is 28.0 Å². The van der Waals surface area contributed by atoms with Crippen molar-refractivity contribution in [1.29, 1.82) is 0 Å². The number of hydrogen-bond acceptors (Lipinski definition) is 5. The summed E-state index contributed by atoms with van der Waals surface area (Å²) >= 11 is 1.25. The maximum Gasteiger partial charge on any atom is 0.341 e. The van der Waals surface area contributed by atoms with E-state index in [1.807, 2.05) is 49.4 Å². The average Bonchev–Trinajstić information content (AvgIpc) is 3.18. The van der Waals surface area contributed by atoms with Gasteiger partial charge in [-0.15, -0.1) is 11.3 Å². The van der Waals surface area contributed by atoms with Crippen molar-refractivity contribution >= 4 is 28.2 Å². The molecule has 172 valence electrons. The fraction of sp³-hybridized carbons (Fsp3) is 0.111. The molecule has 7 heteroatoms. The fourth-order valence-electron chi connectivity index (χ4n) is 3.58. The maximum atomic E-state index is 13.4. The minimum Gasteiger partial charge on any atom is -0.484 e. The zero-order valence-electron chi connectivity index (χ0n) is 18.6. The standard InChI is InChI=1S/C27H22FNO4S/c1-17-24(20-8-12-21(28)13-9-20)25(27(31)32-2)26(34-17)29-23(30)16-33-22-14-10-19(11-15-22)18-6-4-3-5-7-18/h3-15H,16H2,1-2H3,(H,29,30). The molecular weight excluding hydrogens is 453 g/mol. The van der Waals surface area contributed by atoms with Crippen molar-refractivity contribution in [1.82, 2.24) is 0 Å². The van der Waals surface area contributed by atoms with Crippen LogP contribution in [0.1, 0.15) is 15.2 Å². The summed E-state index contributed by atoms with van der Waals surface area (Å²) < 4.78 is 24.0. The number of aryl methyl sites for hydroxylation is 1. The van der Waals surface area contributed by atoms with E-state index >= 15 is 0 Å². The summed E-state index contributed by atoms with van der Waals surface area (Å²) in [6.07, 6.45) is 0. The molecule has 3 aromatic carbocycles. The Hall–Kier alpha value is -3.97. The number of rotatable bonds is 7. The van der Waals surface area contributed by atoms with Crippen LogP contribution in [0.2, 0.25) is 0 Å². The van der Waals surface area contributed by atoms with Crippen LogP contribution in [0.4, 0.5) is 9.39 Å². The number of anilines is 1. The van der Waals surface area contributed by atoms with Crippen LogP contribution in [-0.4, -0.2) is 25.6 Å². The highest BCUT2D eigenvalue weighted by molar-refractivity contribution is 7.17. The lowest BCUT2D eigenvalue weighted by Crippen LogP contribution is -2.21. The van der Waals surface area contributed by atoms with Gasteiger partial charge < -0.3 is 14.8 Å². The molecule has 1 N–H and O–H groups in total. The number of hydrogen-bond donors (Lipinski definition) is 1. The molecule has 1 aromatic heterocycles. The minimum absolute atomic E-state index is 0.228. The van der Waals surface area contributed by atoms with E-state index in [0.29, 0.717) is 21.9 Å². The topological polar surface area (TPSA) is 64.6 Å². The quantitative estimate of drug-likeness (QED) is 0.317. The molecule has 0 unspecified atom stereocenters. The average molecular weight is 476 g/mol. The van der Waals surface area contributed by atoms with E-state index in [1.165, 1.54) is 30.6 Å². The SMILES string of the molecule is COC(=O)c1c(NC(=O)COc2ccc(-c3ccccc3)cc2)sc(C)c1-c1ccc(F)cc1. The van der Waals surface area contributed by atoms with Crippen molar-refractivity contribution < 1.29 is 23.5 Å². The van der Waals surface area contributed by atoms with Crippen molar-refractivity contribution in [3.05, 3.63) is 95.1 Å². The minimum atomic E-state index is -0.587. The first-order valence-electron chi connectivity index (χ1n) is 10.5. The Kier molecular flexibility index (Phi) is 7.04. The van der Waals surface area contributed by atoms with Crippen LogP contribution in [0, 0.1) is 12.7 Å². The fourth-order valence-corrected chi connectivity index (χ4v) is 4.66. The van der Waals surface area contributed by atoms with E-state index in [9.17, 15) is 14.0 Å². The predicted octanol–water partition coefficient (Wildman–Crippen LogP) is 6.33. The first kappa shape index (κ1) is 23.2. The Labute approximate surface area is 200 Å². The molecule has 0 radical (unpaired) electrons. The molecule has 0 spiro atoms. The Bertz CT molecular complexity index is 1300. The summed E-state index contributed by atoms with van der Waals surface area (Å²) in [6, 6.07) is 23.2. The lowest BCUT2D eigenvalue weighted by Gasteiger charge is -2.10. The van der Waals surface area contributed by atoms with E-state index in [2.05, 4.69) is 5.32 Å². The lowest BCUT2D eigenvalue weighted by atomic mass is 10.0. The zero-order chi connectivity index (χ0) is 24.1. The molecule has 1 amide bonds. The van der Waals surface area contributed by atoms with Crippen molar-refractivity contribution in [3.63, 3.8) is 0 Å². The number of benzene rings is 3. The lowest BCUT2D eigenvalue weighted by molar-refractivity contribution is -0.118. The summed E-state index contributed by atoms with van der Waals surface area (Å²) in [4.78, 5) is 25.9. The van der Waals surface area contributed by atoms with Crippen molar-refractivity contribution in [2.24, 2.45) is 0 Å². The molecule has 5 nitrogen and oxygen atoms in total. The molecule has 0 aliphatic heterocycles.